The molecular weight excluding hydrogens is 184 g/mol. The first kappa shape index (κ1) is 11.2. The molecular formula is C9H20O3Si. The highest BCUT2D eigenvalue weighted by atomic mass is 28.4. The van der Waals surface area contributed by atoms with E-state index in [9.17, 15) is 0 Å². The molecule has 0 amide bonds. The highest BCUT2D eigenvalue weighted by molar-refractivity contribution is 6.64. The maximum Gasteiger partial charge on any atom is 0.331 e. The lowest BCUT2D eigenvalue weighted by Crippen LogP contribution is -2.49. The Morgan fingerprint density at radius 3 is 2.31 bits per heavy atom. The van der Waals surface area contributed by atoms with Crippen LogP contribution in [0.5, 0.6) is 0 Å². The Kier molecular flexibility index (Phi) is 3.51. The van der Waals surface area contributed by atoms with E-state index in [1.165, 1.54) is 0 Å². The van der Waals surface area contributed by atoms with E-state index >= 15 is 0 Å². The number of hydrogen-bond donors (Lipinski definition) is 0. The minimum atomic E-state index is -1.84. The van der Waals surface area contributed by atoms with Gasteiger partial charge in [-0.2, -0.15) is 0 Å². The van der Waals surface area contributed by atoms with Crippen LogP contribution in [-0.2, 0) is 13.6 Å². The topological polar surface area (TPSA) is 27.7 Å². The first-order chi connectivity index (χ1) is 6.04. The predicted molar refractivity (Wildman–Crippen MR) is 54.0 cm³/mol. The van der Waals surface area contributed by atoms with Crippen molar-refractivity contribution in [1.82, 2.24) is 0 Å². The first-order valence-corrected chi connectivity index (χ1v) is 7.62. The van der Waals surface area contributed by atoms with Crippen LogP contribution >= 0.6 is 0 Å². The summed E-state index contributed by atoms with van der Waals surface area (Å²) in [7, 11) is -0.117. The van der Waals surface area contributed by atoms with Gasteiger partial charge in [0.25, 0.3) is 0 Å². The summed E-state index contributed by atoms with van der Waals surface area (Å²) in [6, 6.07) is 0. The SMILES string of the molecule is CCC1(CO[Si](C)(C)OC)COC1. The van der Waals surface area contributed by atoms with Gasteiger partial charge in [-0.15, -0.1) is 0 Å². The monoisotopic (exact) mass is 204 g/mol. The Bertz CT molecular complexity index is 161. The summed E-state index contributed by atoms with van der Waals surface area (Å²) < 4.78 is 16.4. The molecule has 0 spiro atoms. The zero-order valence-electron chi connectivity index (χ0n) is 9.05. The maximum absolute atomic E-state index is 5.81. The maximum atomic E-state index is 5.81. The van der Waals surface area contributed by atoms with E-state index in [2.05, 4.69) is 20.0 Å². The molecule has 0 unspecified atom stereocenters. The van der Waals surface area contributed by atoms with Crippen molar-refractivity contribution in [2.24, 2.45) is 5.41 Å². The molecule has 3 nitrogen and oxygen atoms in total. The average Bonchev–Trinajstić information content (AvgIpc) is 2.03. The van der Waals surface area contributed by atoms with Crippen LogP contribution in [0.2, 0.25) is 13.1 Å². The second-order valence-electron chi connectivity index (χ2n) is 4.24. The standard InChI is InChI=1S/C9H20O3Si/c1-5-9(6-11-7-9)8-12-13(3,4)10-2/h5-8H2,1-4H3. The lowest BCUT2D eigenvalue weighted by molar-refractivity contribution is -0.137. The van der Waals surface area contributed by atoms with Crippen molar-refractivity contribution in [3.05, 3.63) is 0 Å². The molecule has 1 aliphatic heterocycles. The molecule has 0 saturated carbocycles. The fraction of sp³-hybridized carbons (Fsp3) is 1.00. The summed E-state index contributed by atoms with van der Waals surface area (Å²) >= 11 is 0. The van der Waals surface area contributed by atoms with Crippen molar-refractivity contribution >= 4 is 8.56 Å². The van der Waals surface area contributed by atoms with Gasteiger partial charge in [-0.25, -0.2) is 0 Å². The number of ether oxygens (including phenoxy) is 1. The number of rotatable bonds is 5. The molecule has 0 aliphatic carbocycles. The van der Waals surface area contributed by atoms with Crippen LogP contribution in [0.15, 0.2) is 0 Å². The van der Waals surface area contributed by atoms with Crippen LogP contribution in [0.25, 0.3) is 0 Å². The fourth-order valence-electron chi connectivity index (χ4n) is 1.17. The minimum absolute atomic E-state index is 0.281. The zero-order valence-corrected chi connectivity index (χ0v) is 10.1. The molecule has 1 saturated heterocycles. The number of hydrogen-bond acceptors (Lipinski definition) is 3. The molecule has 0 bridgehead atoms. The Morgan fingerprint density at radius 1 is 1.38 bits per heavy atom. The van der Waals surface area contributed by atoms with Gasteiger partial charge < -0.3 is 13.6 Å². The largest absolute Gasteiger partial charge is 0.398 e. The molecule has 0 radical (unpaired) electrons. The third-order valence-corrected chi connectivity index (χ3v) is 4.61. The average molecular weight is 204 g/mol. The third-order valence-electron chi connectivity index (χ3n) is 2.78. The lowest BCUT2D eigenvalue weighted by Gasteiger charge is -2.42. The van der Waals surface area contributed by atoms with Crippen LogP contribution in [0.1, 0.15) is 13.3 Å². The van der Waals surface area contributed by atoms with Crippen molar-refractivity contribution in [3.8, 4) is 0 Å². The van der Waals surface area contributed by atoms with E-state index in [0.717, 1.165) is 26.2 Å². The van der Waals surface area contributed by atoms with Gasteiger partial charge in [0, 0.05) is 19.1 Å². The van der Waals surface area contributed by atoms with Crippen LogP contribution in [0, 0.1) is 5.41 Å². The molecule has 1 fully saturated rings. The predicted octanol–water partition coefficient (Wildman–Crippen LogP) is 1.78. The second-order valence-corrected chi connectivity index (χ2v) is 7.74. The Balaban J connectivity index is 2.32. The van der Waals surface area contributed by atoms with Gasteiger partial charge in [0.15, 0.2) is 0 Å². The third kappa shape index (κ3) is 2.77. The van der Waals surface area contributed by atoms with E-state index in [4.69, 9.17) is 13.6 Å². The van der Waals surface area contributed by atoms with Crippen molar-refractivity contribution in [3.63, 3.8) is 0 Å². The highest BCUT2D eigenvalue weighted by Crippen LogP contribution is 2.32. The quantitative estimate of drug-likeness (QED) is 0.639. The van der Waals surface area contributed by atoms with Gasteiger partial charge in [-0.3, -0.25) is 0 Å². The molecule has 13 heavy (non-hydrogen) atoms. The highest BCUT2D eigenvalue weighted by Gasteiger charge is 2.39. The smallest absolute Gasteiger partial charge is 0.331 e. The van der Waals surface area contributed by atoms with Crippen molar-refractivity contribution in [1.29, 1.82) is 0 Å². The second kappa shape index (κ2) is 4.08. The van der Waals surface area contributed by atoms with Crippen molar-refractivity contribution < 1.29 is 13.6 Å². The van der Waals surface area contributed by atoms with E-state index < -0.39 is 8.56 Å². The molecule has 0 atom stereocenters. The Hall–Kier alpha value is 0.0969. The summed E-state index contributed by atoms with van der Waals surface area (Å²) in [6.45, 7) is 8.80. The van der Waals surface area contributed by atoms with Crippen molar-refractivity contribution in [2.45, 2.75) is 26.4 Å². The molecule has 0 aromatic carbocycles. The van der Waals surface area contributed by atoms with E-state index in [1.54, 1.807) is 7.11 Å². The van der Waals surface area contributed by atoms with Crippen LogP contribution in [0.4, 0.5) is 0 Å². The van der Waals surface area contributed by atoms with Crippen LogP contribution in [-0.4, -0.2) is 35.5 Å². The molecule has 1 heterocycles. The Labute approximate surface area is 81.6 Å². The van der Waals surface area contributed by atoms with Gasteiger partial charge in [0.05, 0.1) is 13.2 Å². The van der Waals surface area contributed by atoms with Gasteiger partial charge in [-0.1, -0.05) is 6.92 Å². The molecule has 4 heteroatoms. The van der Waals surface area contributed by atoms with Gasteiger partial charge in [-0.05, 0) is 19.5 Å². The van der Waals surface area contributed by atoms with Gasteiger partial charge in [0.1, 0.15) is 0 Å². The Morgan fingerprint density at radius 2 is 2.00 bits per heavy atom. The zero-order chi connectivity index (χ0) is 9.95. The molecule has 1 rings (SSSR count). The van der Waals surface area contributed by atoms with E-state index in [-0.39, 0.29) is 5.41 Å². The molecule has 1 aliphatic rings. The summed E-state index contributed by atoms with van der Waals surface area (Å²) in [6.07, 6.45) is 1.13. The first-order valence-electron chi connectivity index (χ1n) is 4.80. The van der Waals surface area contributed by atoms with E-state index in [0.29, 0.717) is 0 Å². The van der Waals surface area contributed by atoms with Crippen LogP contribution in [0.3, 0.4) is 0 Å². The molecule has 0 N–H and O–H groups in total. The molecule has 0 aromatic rings. The van der Waals surface area contributed by atoms with Crippen molar-refractivity contribution in [2.75, 3.05) is 26.9 Å². The minimum Gasteiger partial charge on any atom is -0.398 e. The molecule has 78 valence electrons. The summed E-state index contributed by atoms with van der Waals surface area (Å²) in [5.41, 5.74) is 0.281. The van der Waals surface area contributed by atoms with E-state index in [1.807, 2.05) is 0 Å². The van der Waals surface area contributed by atoms with Gasteiger partial charge in [0.2, 0.25) is 0 Å². The van der Waals surface area contributed by atoms with Gasteiger partial charge >= 0.3 is 8.56 Å². The molecule has 0 aromatic heterocycles. The van der Waals surface area contributed by atoms with Crippen LogP contribution < -0.4 is 0 Å². The lowest BCUT2D eigenvalue weighted by atomic mass is 9.84. The summed E-state index contributed by atoms with van der Waals surface area (Å²) in [5.74, 6) is 0. The summed E-state index contributed by atoms with van der Waals surface area (Å²) in [4.78, 5) is 0. The summed E-state index contributed by atoms with van der Waals surface area (Å²) in [5, 5.41) is 0. The fourth-order valence-corrected chi connectivity index (χ4v) is 1.94. The normalized spacial score (nSPS) is 21.2.